The number of para-hydroxylation sites is 1. The summed E-state index contributed by atoms with van der Waals surface area (Å²) in [6, 6.07) is 24.7. The Bertz CT molecular complexity index is 1170. The number of piperazine rings is 1. The number of carbonyl (C=O) groups is 2. The lowest BCUT2D eigenvalue weighted by atomic mass is 10.0. The molecular formula is C28H29N3O3. The first kappa shape index (κ1) is 22.3. The number of aryl methyl sites for hydroxylation is 1. The Morgan fingerprint density at radius 1 is 0.765 bits per heavy atom. The second-order valence-corrected chi connectivity index (χ2v) is 8.94. The van der Waals surface area contributed by atoms with Gasteiger partial charge in [-0.3, -0.25) is 14.5 Å². The van der Waals surface area contributed by atoms with Gasteiger partial charge in [0.05, 0.1) is 0 Å². The molecule has 5 rings (SSSR count). The van der Waals surface area contributed by atoms with Crippen molar-refractivity contribution >= 4 is 11.8 Å². The van der Waals surface area contributed by atoms with E-state index in [4.69, 9.17) is 4.74 Å². The quantitative estimate of drug-likeness (QED) is 0.507. The van der Waals surface area contributed by atoms with Gasteiger partial charge in [-0.2, -0.15) is 0 Å². The molecule has 2 aliphatic rings. The topological polar surface area (TPSA) is 53.1 Å². The molecule has 2 fully saturated rings. The third kappa shape index (κ3) is 4.88. The zero-order valence-electron chi connectivity index (χ0n) is 19.4. The molecule has 0 aromatic heterocycles. The molecule has 0 radical (unpaired) electrons. The average Bonchev–Trinajstić information content (AvgIpc) is 3.19. The summed E-state index contributed by atoms with van der Waals surface area (Å²) in [5, 5.41) is 3.26. The van der Waals surface area contributed by atoms with Crippen LogP contribution < -0.4 is 4.74 Å². The van der Waals surface area contributed by atoms with Crippen LogP contribution in [0, 0.1) is 6.92 Å². The molecule has 2 aliphatic heterocycles. The van der Waals surface area contributed by atoms with E-state index in [1.165, 1.54) is 10.6 Å². The van der Waals surface area contributed by atoms with Crippen molar-refractivity contribution in [1.82, 2.24) is 14.9 Å². The number of hydrogen-bond donors (Lipinski definition) is 0. The van der Waals surface area contributed by atoms with Crippen LogP contribution in [0.5, 0.6) is 11.5 Å². The van der Waals surface area contributed by atoms with Crippen LogP contribution in [0.1, 0.15) is 24.0 Å². The molecule has 0 N–H and O–H groups in total. The van der Waals surface area contributed by atoms with Gasteiger partial charge >= 0.3 is 0 Å². The van der Waals surface area contributed by atoms with E-state index >= 15 is 0 Å². The Balaban J connectivity index is 1.34. The van der Waals surface area contributed by atoms with Gasteiger partial charge in [-0.15, -0.1) is 0 Å². The smallest absolute Gasteiger partial charge is 0.244 e. The molecule has 0 unspecified atom stereocenters. The van der Waals surface area contributed by atoms with E-state index < -0.39 is 0 Å². The summed E-state index contributed by atoms with van der Waals surface area (Å²) in [4.78, 5) is 26.5. The number of ether oxygens (including phenoxy) is 1. The number of rotatable bonds is 6. The van der Waals surface area contributed by atoms with Crippen LogP contribution in [0.4, 0.5) is 0 Å². The Kier molecular flexibility index (Phi) is 6.43. The maximum atomic E-state index is 12.1. The highest BCUT2D eigenvalue weighted by molar-refractivity contribution is 6.01. The molecule has 2 saturated heterocycles. The highest BCUT2D eigenvalue weighted by Crippen LogP contribution is 2.32. The molecular weight excluding hydrogens is 426 g/mol. The van der Waals surface area contributed by atoms with E-state index in [1.54, 1.807) is 0 Å². The van der Waals surface area contributed by atoms with Crippen LogP contribution in [-0.2, 0) is 16.1 Å². The maximum absolute atomic E-state index is 12.1. The maximum Gasteiger partial charge on any atom is 0.244 e. The van der Waals surface area contributed by atoms with Gasteiger partial charge in [-0.05, 0) is 36.2 Å². The molecule has 0 saturated carbocycles. The second kappa shape index (κ2) is 9.79. The molecule has 6 heteroatoms. The van der Waals surface area contributed by atoms with Gasteiger partial charge in [0.15, 0.2) is 0 Å². The molecule has 0 atom stereocenters. The molecule has 2 heterocycles. The van der Waals surface area contributed by atoms with Gasteiger partial charge < -0.3 is 4.74 Å². The Labute approximate surface area is 200 Å². The molecule has 0 bridgehead atoms. The van der Waals surface area contributed by atoms with Gasteiger partial charge in [-0.25, -0.2) is 10.0 Å². The van der Waals surface area contributed by atoms with E-state index in [9.17, 15) is 9.59 Å². The van der Waals surface area contributed by atoms with E-state index in [-0.39, 0.29) is 11.8 Å². The lowest BCUT2D eigenvalue weighted by Gasteiger charge is -2.38. The predicted molar refractivity (Wildman–Crippen MR) is 131 cm³/mol. The number of carbonyl (C=O) groups excluding carboxylic acids is 2. The van der Waals surface area contributed by atoms with Crippen LogP contribution in [0.2, 0.25) is 0 Å². The summed E-state index contributed by atoms with van der Waals surface area (Å²) >= 11 is 0. The number of amides is 2. The molecule has 0 aliphatic carbocycles. The van der Waals surface area contributed by atoms with Crippen LogP contribution in [0.15, 0.2) is 72.8 Å². The Hall–Kier alpha value is -3.48. The predicted octanol–water partition coefficient (Wildman–Crippen LogP) is 4.64. The van der Waals surface area contributed by atoms with Crippen molar-refractivity contribution in [2.45, 2.75) is 26.3 Å². The monoisotopic (exact) mass is 455 g/mol. The van der Waals surface area contributed by atoms with Crippen LogP contribution in [0.3, 0.4) is 0 Å². The van der Waals surface area contributed by atoms with Crippen molar-refractivity contribution in [2.75, 3.05) is 26.2 Å². The van der Waals surface area contributed by atoms with Gasteiger partial charge in [0, 0.05) is 51.1 Å². The lowest BCUT2D eigenvalue weighted by Crippen LogP contribution is -2.55. The number of hydrazine groups is 1. The van der Waals surface area contributed by atoms with E-state index in [2.05, 4.69) is 54.3 Å². The Morgan fingerprint density at radius 2 is 1.47 bits per heavy atom. The van der Waals surface area contributed by atoms with Gasteiger partial charge in [0.1, 0.15) is 11.5 Å². The number of hydrogen-bond acceptors (Lipinski definition) is 5. The highest BCUT2D eigenvalue weighted by atomic mass is 16.5. The summed E-state index contributed by atoms with van der Waals surface area (Å²) in [7, 11) is 0. The van der Waals surface area contributed by atoms with Crippen molar-refractivity contribution in [3.63, 3.8) is 0 Å². The minimum Gasteiger partial charge on any atom is -0.457 e. The van der Waals surface area contributed by atoms with Crippen LogP contribution >= 0.6 is 0 Å². The number of imide groups is 1. The highest BCUT2D eigenvalue weighted by Gasteiger charge is 2.35. The SMILES string of the molecule is Cc1cccc(-c2ccc(CN3CCN(N4C(=O)CCC4=O)CC3)c(Oc3ccccc3)c2)c1. The third-order valence-electron chi connectivity index (χ3n) is 6.44. The summed E-state index contributed by atoms with van der Waals surface area (Å²) in [6.07, 6.45) is 0.652. The largest absolute Gasteiger partial charge is 0.457 e. The number of nitrogens with zero attached hydrogens (tertiary/aromatic N) is 3. The van der Waals surface area contributed by atoms with Gasteiger partial charge in [0.25, 0.3) is 0 Å². The fraction of sp³-hybridized carbons (Fsp3) is 0.286. The first-order valence-electron chi connectivity index (χ1n) is 11.8. The summed E-state index contributed by atoms with van der Waals surface area (Å²) in [5.74, 6) is 1.49. The van der Waals surface area contributed by atoms with Crippen molar-refractivity contribution in [2.24, 2.45) is 0 Å². The van der Waals surface area contributed by atoms with Gasteiger partial charge in [-0.1, -0.05) is 60.2 Å². The lowest BCUT2D eigenvalue weighted by molar-refractivity contribution is -0.160. The minimum atomic E-state index is -0.0799. The molecule has 0 spiro atoms. The molecule has 2 amide bonds. The summed E-state index contributed by atoms with van der Waals surface area (Å²) < 4.78 is 6.34. The molecule has 174 valence electrons. The molecule has 34 heavy (non-hydrogen) atoms. The van der Waals surface area contributed by atoms with E-state index in [0.29, 0.717) is 25.9 Å². The first-order chi connectivity index (χ1) is 16.6. The summed E-state index contributed by atoms with van der Waals surface area (Å²) in [5.41, 5.74) is 4.62. The Morgan fingerprint density at radius 3 is 2.18 bits per heavy atom. The van der Waals surface area contributed by atoms with Crippen molar-refractivity contribution in [3.8, 4) is 22.6 Å². The standard InChI is InChI=1S/C28H29N3O3/c1-21-6-5-7-22(18-21)23-10-11-24(26(19-23)34-25-8-3-2-4-9-25)20-29-14-16-30(17-15-29)31-27(32)12-13-28(31)33/h2-11,18-19H,12-17,20H2,1H3. The number of benzene rings is 3. The molecule has 3 aromatic carbocycles. The fourth-order valence-corrected chi connectivity index (χ4v) is 4.62. The van der Waals surface area contributed by atoms with Crippen LogP contribution in [0.25, 0.3) is 11.1 Å². The second-order valence-electron chi connectivity index (χ2n) is 8.94. The normalized spacial score (nSPS) is 17.4. The first-order valence-corrected chi connectivity index (χ1v) is 11.8. The zero-order chi connectivity index (χ0) is 23.5. The third-order valence-corrected chi connectivity index (χ3v) is 6.44. The van der Waals surface area contributed by atoms with E-state index in [0.717, 1.165) is 47.8 Å². The van der Waals surface area contributed by atoms with Crippen molar-refractivity contribution < 1.29 is 14.3 Å². The van der Waals surface area contributed by atoms with Crippen LogP contribution in [-0.4, -0.2) is 52.9 Å². The fourth-order valence-electron chi connectivity index (χ4n) is 4.62. The minimum absolute atomic E-state index is 0.0799. The average molecular weight is 456 g/mol. The molecule has 6 nitrogen and oxygen atoms in total. The van der Waals surface area contributed by atoms with Crippen molar-refractivity contribution in [3.05, 3.63) is 83.9 Å². The zero-order valence-corrected chi connectivity index (χ0v) is 19.4. The molecule has 3 aromatic rings. The summed E-state index contributed by atoms with van der Waals surface area (Å²) in [6.45, 7) is 5.72. The van der Waals surface area contributed by atoms with Crippen molar-refractivity contribution in [1.29, 1.82) is 0 Å². The van der Waals surface area contributed by atoms with E-state index in [1.807, 2.05) is 35.3 Å². The van der Waals surface area contributed by atoms with Gasteiger partial charge in [0.2, 0.25) is 11.8 Å².